The fourth-order valence-electron chi connectivity index (χ4n) is 4.44. The van der Waals surface area contributed by atoms with Gasteiger partial charge in [0.2, 0.25) is 0 Å². The Balaban J connectivity index is 0.00000312. The first-order chi connectivity index (χ1) is 11.4. The molecule has 0 amide bonds. The lowest BCUT2D eigenvalue weighted by Crippen LogP contribution is -2.68. The van der Waals surface area contributed by atoms with Crippen molar-refractivity contribution in [3.63, 3.8) is 0 Å². The van der Waals surface area contributed by atoms with Crippen LogP contribution in [-0.4, -0.2) is 49.5 Å². The Hall–Kier alpha value is -0.0800. The van der Waals surface area contributed by atoms with Gasteiger partial charge in [0.15, 0.2) is 5.96 Å². The first kappa shape index (κ1) is 23.0. The van der Waals surface area contributed by atoms with Crippen LogP contribution in [0.4, 0.5) is 0 Å². The molecule has 2 rings (SSSR count). The lowest BCUT2D eigenvalue weighted by molar-refractivity contribution is -0.106. The summed E-state index contributed by atoms with van der Waals surface area (Å²) >= 11 is 0. The summed E-state index contributed by atoms with van der Waals surface area (Å²) in [4.78, 5) is 4.83. The summed E-state index contributed by atoms with van der Waals surface area (Å²) in [7, 11) is 0. The molecule has 0 bridgehead atoms. The SMILES string of the molecule is CCNC(=NCC(CCO)CC(C)C)NC1C2CCOC2C1(C)C.I. The van der Waals surface area contributed by atoms with Crippen LogP contribution < -0.4 is 10.6 Å². The zero-order valence-electron chi connectivity index (χ0n) is 16.5. The third-order valence-electron chi connectivity index (χ3n) is 5.59. The van der Waals surface area contributed by atoms with E-state index in [1.807, 2.05) is 0 Å². The summed E-state index contributed by atoms with van der Waals surface area (Å²) in [6, 6.07) is 0.421. The zero-order valence-corrected chi connectivity index (χ0v) is 18.9. The zero-order chi connectivity index (χ0) is 17.7. The van der Waals surface area contributed by atoms with E-state index in [9.17, 15) is 5.11 Å². The number of nitrogens with one attached hydrogen (secondary N) is 2. The highest BCUT2D eigenvalue weighted by molar-refractivity contribution is 14.0. The number of nitrogens with zero attached hydrogens (tertiary/aromatic N) is 1. The first-order valence-electron chi connectivity index (χ1n) is 9.67. The van der Waals surface area contributed by atoms with Gasteiger partial charge in [-0.15, -0.1) is 24.0 Å². The van der Waals surface area contributed by atoms with Gasteiger partial charge < -0.3 is 20.5 Å². The molecule has 0 aromatic heterocycles. The van der Waals surface area contributed by atoms with E-state index in [4.69, 9.17) is 9.73 Å². The Bertz CT molecular complexity index is 429. The molecule has 2 aliphatic rings. The van der Waals surface area contributed by atoms with Gasteiger partial charge in [-0.1, -0.05) is 27.7 Å². The molecule has 148 valence electrons. The summed E-state index contributed by atoms with van der Waals surface area (Å²) in [6.45, 7) is 13.9. The van der Waals surface area contributed by atoms with E-state index in [0.29, 0.717) is 29.9 Å². The molecule has 0 aromatic carbocycles. The van der Waals surface area contributed by atoms with Crippen molar-refractivity contribution in [2.75, 3.05) is 26.3 Å². The van der Waals surface area contributed by atoms with Gasteiger partial charge in [-0.25, -0.2) is 0 Å². The molecule has 3 N–H and O–H groups in total. The highest BCUT2D eigenvalue weighted by atomic mass is 127. The van der Waals surface area contributed by atoms with Crippen LogP contribution in [0.15, 0.2) is 4.99 Å². The summed E-state index contributed by atoms with van der Waals surface area (Å²) in [5.41, 5.74) is 0.153. The second-order valence-corrected chi connectivity index (χ2v) is 8.41. The molecule has 5 nitrogen and oxygen atoms in total. The van der Waals surface area contributed by atoms with Crippen LogP contribution in [0.5, 0.6) is 0 Å². The maximum absolute atomic E-state index is 9.29. The second kappa shape index (κ2) is 10.3. The van der Waals surface area contributed by atoms with Crippen LogP contribution in [0.25, 0.3) is 0 Å². The minimum atomic E-state index is 0. The quantitative estimate of drug-likeness (QED) is 0.292. The number of ether oxygens (including phenoxy) is 1. The van der Waals surface area contributed by atoms with Crippen molar-refractivity contribution >= 4 is 29.9 Å². The number of halogens is 1. The Kier molecular flexibility index (Phi) is 9.46. The van der Waals surface area contributed by atoms with Crippen LogP contribution >= 0.6 is 24.0 Å². The molecule has 1 saturated carbocycles. The van der Waals surface area contributed by atoms with Gasteiger partial charge >= 0.3 is 0 Å². The van der Waals surface area contributed by atoms with E-state index in [1.165, 1.54) is 0 Å². The number of aliphatic imine (C=N–C) groups is 1. The molecule has 6 heteroatoms. The van der Waals surface area contributed by atoms with Gasteiger partial charge in [0.05, 0.1) is 6.10 Å². The highest BCUT2D eigenvalue weighted by Crippen LogP contribution is 2.52. The van der Waals surface area contributed by atoms with Gasteiger partial charge in [0, 0.05) is 43.7 Å². The van der Waals surface area contributed by atoms with Gasteiger partial charge in [0.1, 0.15) is 0 Å². The van der Waals surface area contributed by atoms with Crippen molar-refractivity contribution in [1.29, 1.82) is 0 Å². The lowest BCUT2D eigenvalue weighted by atomic mass is 9.57. The van der Waals surface area contributed by atoms with Crippen molar-refractivity contribution in [1.82, 2.24) is 10.6 Å². The van der Waals surface area contributed by atoms with Gasteiger partial charge in [0.25, 0.3) is 0 Å². The number of guanidine groups is 1. The predicted molar refractivity (Wildman–Crippen MR) is 115 cm³/mol. The second-order valence-electron chi connectivity index (χ2n) is 8.41. The average molecular weight is 467 g/mol. The van der Waals surface area contributed by atoms with Crippen LogP contribution in [0.1, 0.15) is 53.9 Å². The minimum absolute atomic E-state index is 0. The van der Waals surface area contributed by atoms with Crippen molar-refractivity contribution in [2.24, 2.45) is 28.2 Å². The van der Waals surface area contributed by atoms with Gasteiger partial charge in [-0.2, -0.15) is 0 Å². The fourth-order valence-corrected chi connectivity index (χ4v) is 4.44. The number of hydrogen-bond acceptors (Lipinski definition) is 3. The van der Waals surface area contributed by atoms with Crippen molar-refractivity contribution < 1.29 is 9.84 Å². The number of fused-ring (bicyclic) bond motifs is 1. The molecule has 25 heavy (non-hydrogen) atoms. The Morgan fingerprint density at radius 1 is 1.36 bits per heavy atom. The molecule has 0 radical (unpaired) electrons. The molecular formula is C19H38IN3O2. The van der Waals surface area contributed by atoms with Crippen molar-refractivity contribution in [2.45, 2.75) is 66.0 Å². The number of aliphatic hydroxyl groups is 1. The molecule has 0 spiro atoms. The predicted octanol–water partition coefficient (Wildman–Crippen LogP) is 3.02. The lowest BCUT2D eigenvalue weighted by Gasteiger charge is -2.54. The monoisotopic (exact) mass is 467 g/mol. The normalized spacial score (nSPS) is 28.8. The fraction of sp³-hybridized carbons (Fsp3) is 0.947. The first-order valence-corrected chi connectivity index (χ1v) is 9.67. The Morgan fingerprint density at radius 3 is 2.68 bits per heavy atom. The summed E-state index contributed by atoms with van der Waals surface area (Å²) in [6.07, 6.45) is 3.47. The third kappa shape index (κ3) is 5.70. The van der Waals surface area contributed by atoms with Crippen LogP contribution in [0.3, 0.4) is 0 Å². The number of hydrogen-bond donors (Lipinski definition) is 3. The van der Waals surface area contributed by atoms with E-state index in [-0.39, 0.29) is 36.0 Å². The molecule has 1 heterocycles. The summed E-state index contributed by atoms with van der Waals surface area (Å²) < 4.78 is 5.88. The largest absolute Gasteiger partial charge is 0.396 e. The van der Waals surface area contributed by atoms with Crippen LogP contribution in [0, 0.1) is 23.2 Å². The summed E-state index contributed by atoms with van der Waals surface area (Å²) in [5.74, 6) is 2.59. The van der Waals surface area contributed by atoms with Crippen LogP contribution in [-0.2, 0) is 4.74 Å². The molecule has 1 saturated heterocycles. The van der Waals surface area contributed by atoms with E-state index in [2.05, 4.69) is 45.3 Å². The van der Waals surface area contributed by atoms with Gasteiger partial charge in [-0.3, -0.25) is 4.99 Å². The molecule has 1 aliphatic heterocycles. The number of aliphatic hydroxyl groups excluding tert-OH is 1. The molecular weight excluding hydrogens is 429 g/mol. The van der Waals surface area contributed by atoms with Crippen molar-refractivity contribution in [3.8, 4) is 0 Å². The topological polar surface area (TPSA) is 65.9 Å². The highest BCUT2D eigenvalue weighted by Gasteiger charge is 2.59. The smallest absolute Gasteiger partial charge is 0.191 e. The van der Waals surface area contributed by atoms with Crippen molar-refractivity contribution in [3.05, 3.63) is 0 Å². The Morgan fingerprint density at radius 2 is 2.08 bits per heavy atom. The van der Waals surface area contributed by atoms with E-state index in [1.54, 1.807) is 0 Å². The minimum Gasteiger partial charge on any atom is -0.396 e. The van der Waals surface area contributed by atoms with E-state index < -0.39 is 0 Å². The van der Waals surface area contributed by atoms with Gasteiger partial charge in [-0.05, 0) is 38.0 Å². The molecule has 1 aliphatic carbocycles. The number of rotatable bonds is 8. The maximum Gasteiger partial charge on any atom is 0.191 e. The van der Waals surface area contributed by atoms with E-state index in [0.717, 1.165) is 44.9 Å². The average Bonchev–Trinajstić information content (AvgIpc) is 2.96. The molecule has 2 fully saturated rings. The summed E-state index contributed by atoms with van der Waals surface area (Å²) in [5, 5.41) is 16.3. The van der Waals surface area contributed by atoms with Crippen LogP contribution in [0.2, 0.25) is 0 Å². The molecule has 4 unspecified atom stereocenters. The van der Waals surface area contributed by atoms with E-state index >= 15 is 0 Å². The molecule has 4 atom stereocenters. The Labute approximate surface area is 170 Å². The third-order valence-corrected chi connectivity index (χ3v) is 5.59. The standard InChI is InChI=1S/C19H37N3O2.HI/c1-6-20-18(21-12-14(7-9-23)11-13(2)3)22-16-15-8-10-24-17(15)19(16,4)5;/h13-17,23H,6-12H2,1-5H3,(H2,20,21,22);1H. The molecule has 0 aromatic rings. The maximum atomic E-state index is 9.29.